The van der Waals surface area contributed by atoms with Crippen molar-refractivity contribution in [2.24, 2.45) is 0 Å². The third-order valence-electron chi connectivity index (χ3n) is 3.43. The van der Waals surface area contributed by atoms with E-state index in [-0.39, 0.29) is 6.61 Å². The second-order valence-electron chi connectivity index (χ2n) is 5.30. The molecule has 0 radical (unpaired) electrons. The Bertz CT molecular complexity index is 525. The highest BCUT2D eigenvalue weighted by Gasteiger charge is 2.08. The molecule has 0 aliphatic rings. The maximum Gasteiger partial charge on any atom is 0.0698 e. The summed E-state index contributed by atoms with van der Waals surface area (Å²) in [7, 11) is 0. The lowest BCUT2D eigenvalue weighted by Crippen LogP contribution is -2.27. The monoisotopic (exact) mass is 353 g/mol. The predicted octanol–water partition coefficient (Wildman–Crippen LogP) is 4.00. The van der Waals surface area contributed by atoms with Crippen LogP contribution in [-0.2, 0) is 17.8 Å². The largest absolute Gasteiger partial charge is 0.394 e. The van der Waals surface area contributed by atoms with Gasteiger partial charge < -0.3 is 9.84 Å². The summed E-state index contributed by atoms with van der Waals surface area (Å²) in [5.74, 6) is 0. The summed E-state index contributed by atoms with van der Waals surface area (Å²) < 4.78 is 5.39. The zero-order valence-corrected chi connectivity index (χ0v) is 14.4. The van der Waals surface area contributed by atoms with Crippen LogP contribution >= 0.6 is 23.2 Å². The minimum Gasteiger partial charge on any atom is -0.394 e. The lowest BCUT2D eigenvalue weighted by atomic mass is 10.1. The Morgan fingerprint density at radius 3 is 1.70 bits per heavy atom. The molecule has 0 aliphatic carbocycles. The molecule has 0 heterocycles. The summed E-state index contributed by atoms with van der Waals surface area (Å²) in [6, 6.07) is 15.7. The number of rotatable bonds is 9. The Morgan fingerprint density at radius 2 is 1.26 bits per heavy atom. The van der Waals surface area contributed by atoms with Crippen molar-refractivity contribution in [1.82, 2.24) is 4.90 Å². The highest BCUT2D eigenvalue weighted by molar-refractivity contribution is 6.30. The standard InChI is InChI=1S/C18H21Cl2NO2/c19-17-5-1-15(2-6-17)13-21(9-11-23-12-10-22)14-16-3-7-18(20)8-4-16/h1-8,22H,9-14H2. The molecule has 0 aromatic heterocycles. The fraction of sp³-hybridized carbons (Fsp3) is 0.333. The number of benzene rings is 2. The van der Waals surface area contributed by atoms with Crippen LogP contribution in [0.1, 0.15) is 11.1 Å². The Kier molecular flexibility index (Phi) is 7.86. The zero-order valence-electron chi connectivity index (χ0n) is 12.9. The van der Waals surface area contributed by atoms with Crippen LogP contribution in [0.25, 0.3) is 0 Å². The highest BCUT2D eigenvalue weighted by atomic mass is 35.5. The van der Waals surface area contributed by atoms with E-state index in [4.69, 9.17) is 33.0 Å². The molecule has 1 N–H and O–H groups in total. The first-order valence-corrected chi connectivity index (χ1v) is 8.33. The van der Waals surface area contributed by atoms with Crippen LogP contribution < -0.4 is 0 Å². The van der Waals surface area contributed by atoms with Gasteiger partial charge in [0.1, 0.15) is 0 Å². The quantitative estimate of drug-likeness (QED) is 0.691. The first-order chi connectivity index (χ1) is 11.2. The van der Waals surface area contributed by atoms with Crippen LogP contribution in [0.3, 0.4) is 0 Å². The Hall–Kier alpha value is -1.10. The van der Waals surface area contributed by atoms with Gasteiger partial charge in [-0.25, -0.2) is 0 Å². The summed E-state index contributed by atoms with van der Waals surface area (Å²) in [5, 5.41) is 10.3. The maximum atomic E-state index is 8.79. The molecule has 0 aliphatic heterocycles. The molecular formula is C18H21Cl2NO2. The van der Waals surface area contributed by atoms with Gasteiger partial charge in [-0.15, -0.1) is 0 Å². The van der Waals surface area contributed by atoms with Crippen molar-refractivity contribution in [2.45, 2.75) is 13.1 Å². The number of hydrogen-bond acceptors (Lipinski definition) is 3. The summed E-state index contributed by atoms with van der Waals surface area (Å²) in [4.78, 5) is 2.30. The number of halogens is 2. The number of aliphatic hydroxyl groups excluding tert-OH is 1. The lowest BCUT2D eigenvalue weighted by molar-refractivity contribution is 0.0703. The minimum atomic E-state index is 0.0500. The molecular weight excluding hydrogens is 333 g/mol. The van der Waals surface area contributed by atoms with Gasteiger partial charge in [-0.1, -0.05) is 47.5 Å². The number of aliphatic hydroxyl groups is 1. The minimum absolute atomic E-state index is 0.0500. The first kappa shape index (κ1) is 18.2. The van der Waals surface area contributed by atoms with E-state index >= 15 is 0 Å². The smallest absolute Gasteiger partial charge is 0.0698 e. The van der Waals surface area contributed by atoms with Crippen LogP contribution in [-0.4, -0.2) is 36.4 Å². The van der Waals surface area contributed by atoms with Crippen molar-refractivity contribution in [3.05, 3.63) is 69.7 Å². The van der Waals surface area contributed by atoms with Gasteiger partial charge in [-0.2, -0.15) is 0 Å². The molecule has 0 atom stereocenters. The van der Waals surface area contributed by atoms with Crippen molar-refractivity contribution >= 4 is 23.2 Å². The molecule has 2 aromatic rings. The van der Waals surface area contributed by atoms with Gasteiger partial charge in [0.15, 0.2) is 0 Å². The number of hydrogen-bond donors (Lipinski definition) is 1. The molecule has 0 spiro atoms. The van der Waals surface area contributed by atoms with E-state index in [1.165, 1.54) is 11.1 Å². The van der Waals surface area contributed by atoms with E-state index in [2.05, 4.69) is 4.90 Å². The number of nitrogens with zero attached hydrogens (tertiary/aromatic N) is 1. The van der Waals surface area contributed by atoms with Crippen molar-refractivity contribution in [3.8, 4) is 0 Å². The maximum absolute atomic E-state index is 8.79. The van der Waals surface area contributed by atoms with Crippen molar-refractivity contribution < 1.29 is 9.84 Å². The van der Waals surface area contributed by atoms with Gasteiger partial charge in [0.05, 0.1) is 19.8 Å². The Morgan fingerprint density at radius 1 is 0.783 bits per heavy atom. The molecule has 0 fully saturated rings. The number of ether oxygens (including phenoxy) is 1. The van der Waals surface area contributed by atoms with Gasteiger partial charge in [0.2, 0.25) is 0 Å². The average Bonchev–Trinajstić information content (AvgIpc) is 2.55. The van der Waals surface area contributed by atoms with Gasteiger partial charge in [0.25, 0.3) is 0 Å². The van der Waals surface area contributed by atoms with Crippen LogP contribution in [0.4, 0.5) is 0 Å². The lowest BCUT2D eigenvalue weighted by Gasteiger charge is -2.22. The van der Waals surface area contributed by atoms with E-state index in [0.29, 0.717) is 13.2 Å². The summed E-state index contributed by atoms with van der Waals surface area (Å²) in [5.41, 5.74) is 2.40. The zero-order chi connectivity index (χ0) is 16.5. The fourth-order valence-electron chi connectivity index (χ4n) is 2.27. The highest BCUT2D eigenvalue weighted by Crippen LogP contribution is 2.15. The molecule has 23 heavy (non-hydrogen) atoms. The van der Waals surface area contributed by atoms with E-state index in [9.17, 15) is 0 Å². The molecule has 0 amide bonds. The molecule has 3 nitrogen and oxygen atoms in total. The average molecular weight is 354 g/mol. The second-order valence-corrected chi connectivity index (χ2v) is 6.17. The normalized spacial score (nSPS) is 11.1. The van der Waals surface area contributed by atoms with Crippen LogP contribution in [0.2, 0.25) is 10.0 Å². The van der Waals surface area contributed by atoms with Crippen LogP contribution in [0, 0.1) is 0 Å². The van der Waals surface area contributed by atoms with Gasteiger partial charge >= 0.3 is 0 Å². The van der Waals surface area contributed by atoms with E-state index < -0.39 is 0 Å². The molecule has 5 heteroatoms. The third kappa shape index (κ3) is 6.90. The summed E-state index contributed by atoms with van der Waals surface area (Å²) >= 11 is 11.9. The van der Waals surface area contributed by atoms with Gasteiger partial charge in [-0.3, -0.25) is 4.90 Å². The summed E-state index contributed by atoms with van der Waals surface area (Å²) in [6.07, 6.45) is 0. The van der Waals surface area contributed by atoms with Crippen LogP contribution in [0.15, 0.2) is 48.5 Å². The van der Waals surface area contributed by atoms with Crippen LogP contribution in [0.5, 0.6) is 0 Å². The molecule has 0 bridgehead atoms. The first-order valence-electron chi connectivity index (χ1n) is 7.57. The van der Waals surface area contributed by atoms with Crippen molar-refractivity contribution in [3.63, 3.8) is 0 Å². The van der Waals surface area contributed by atoms with Crippen molar-refractivity contribution in [2.75, 3.05) is 26.4 Å². The van der Waals surface area contributed by atoms with E-state index in [1.807, 2.05) is 48.5 Å². The molecule has 0 saturated carbocycles. The molecule has 0 unspecified atom stereocenters. The molecule has 0 saturated heterocycles. The Labute approximate surface area is 147 Å². The molecule has 2 aromatic carbocycles. The van der Waals surface area contributed by atoms with E-state index in [1.54, 1.807) is 0 Å². The van der Waals surface area contributed by atoms with Crippen molar-refractivity contribution in [1.29, 1.82) is 0 Å². The Balaban J connectivity index is 1.98. The second kappa shape index (κ2) is 9.91. The summed E-state index contributed by atoms with van der Waals surface area (Å²) in [6.45, 7) is 3.40. The predicted molar refractivity (Wildman–Crippen MR) is 94.9 cm³/mol. The fourth-order valence-corrected chi connectivity index (χ4v) is 2.52. The van der Waals surface area contributed by atoms with E-state index in [0.717, 1.165) is 29.7 Å². The topological polar surface area (TPSA) is 32.7 Å². The third-order valence-corrected chi connectivity index (χ3v) is 3.93. The van der Waals surface area contributed by atoms with Gasteiger partial charge in [-0.05, 0) is 35.4 Å². The van der Waals surface area contributed by atoms with Gasteiger partial charge in [0, 0.05) is 29.7 Å². The molecule has 2 rings (SSSR count). The SMILES string of the molecule is OCCOCCN(Cc1ccc(Cl)cc1)Cc1ccc(Cl)cc1. The molecule has 124 valence electrons.